The number of nitrogens with one attached hydrogen (secondary N) is 2. The van der Waals surface area contributed by atoms with Gasteiger partial charge in [0.1, 0.15) is 24.6 Å². The minimum Gasteiger partial charge on any atom is -0.495 e. The first-order valence-electron chi connectivity index (χ1n) is 11.6. The number of benzene rings is 3. The summed E-state index contributed by atoms with van der Waals surface area (Å²) in [5, 5.41) is 5.20. The predicted octanol–water partition coefficient (Wildman–Crippen LogP) is 4.73. The van der Waals surface area contributed by atoms with Crippen molar-refractivity contribution in [3.63, 3.8) is 0 Å². The topological polar surface area (TPSA) is 106 Å². The number of ether oxygens (including phenoxy) is 3. The Bertz CT molecular complexity index is 1400. The monoisotopic (exact) mass is 627 g/mol. The van der Waals surface area contributed by atoms with E-state index < -0.39 is 24.4 Å². The van der Waals surface area contributed by atoms with Crippen LogP contribution >= 0.6 is 22.6 Å². The van der Waals surface area contributed by atoms with Crippen LogP contribution in [0, 0.1) is 10.5 Å². The molecule has 0 radical (unpaired) electrons. The summed E-state index contributed by atoms with van der Waals surface area (Å²) < 4.78 is 17.5. The number of carbonyl (C=O) groups excluding carboxylic acids is 3. The largest absolute Gasteiger partial charge is 0.495 e. The first kappa shape index (κ1) is 27.0. The van der Waals surface area contributed by atoms with Crippen LogP contribution in [0.4, 0.5) is 10.5 Å². The molecule has 196 valence electrons. The second kappa shape index (κ2) is 12.0. The minimum absolute atomic E-state index is 0.0475. The Morgan fingerprint density at radius 2 is 1.74 bits per heavy atom. The lowest BCUT2D eigenvalue weighted by Gasteiger charge is -2.14. The Labute approximate surface area is 233 Å². The van der Waals surface area contributed by atoms with Gasteiger partial charge in [-0.1, -0.05) is 42.0 Å². The fraction of sp³-hybridized carbons (Fsp3) is 0.179. The molecule has 0 spiro atoms. The number of para-hydroxylation sites is 2. The SMILES string of the molecule is COc1ccccc1NC(=O)CN1C(=O)N/C(=C/c2cc(I)c(OCc3ccc(C)cc3)c(OC)c2)C1=O. The molecule has 0 unspecified atom stereocenters. The molecule has 2 N–H and O–H groups in total. The van der Waals surface area contributed by atoms with E-state index in [4.69, 9.17) is 14.2 Å². The Morgan fingerprint density at radius 3 is 2.45 bits per heavy atom. The van der Waals surface area contributed by atoms with Crippen LogP contribution < -0.4 is 24.8 Å². The third-order valence-electron chi connectivity index (χ3n) is 5.71. The number of nitrogens with zero attached hydrogens (tertiary/aromatic N) is 1. The van der Waals surface area contributed by atoms with E-state index in [-0.39, 0.29) is 5.70 Å². The molecule has 0 atom stereocenters. The van der Waals surface area contributed by atoms with Crippen molar-refractivity contribution in [2.75, 3.05) is 26.1 Å². The molecule has 1 fully saturated rings. The maximum atomic E-state index is 12.9. The molecule has 0 saturated carbocycles. The Kier molecular flexibility index (Phi) is 8.52. The van der Waals surface area contributed by atoms with Crippen molar-refractivity contribution in [1.29, 1.82) is 0 Å². The molecule has 3 aromatic rings. The molecule has 1 heterocycles. The van der Waals surface area contributed by atoms with Gasteiger partial charge in [0.25, 0.3) is 5.91 Å². The van der Waals surface area contributed by atoms with Gasteiger partial charge >= 0.3 is 6.03 Å². The third kappa shape index (κ3) is 6.25. The maximum Gasteiger partial charge on any atom is 0.329 e. The lowest BCUT2D eigenvalue weighted by atomic mass is 10.1. The van der Waals surface area contributed by atoms with Gasteiger partial charge in [-0.2, -0.15) is 0 Å². The highest BCUT2D eigenvalue weighted by Gasteiger charge is 2.35. The van der Waals surface area contributed by atoms with E-state index in [9.17, 15) is 14.4 Å². The molecule has 9 nitrogen and oxygen atoms in total. The fourth-order valence-corrected chi connectivity index (χ4v) is 4.55. The van der Waals surface area contributed by atoms with Gasteiger partial charge in [-0.15, -0.1) is 0 Å². The molecule has 38 heavy (non-hydrogen) atoms. The first-order valence-corrected chi connectivity index (χ1v) is 12.7. The van der Waals surface area contributed by atoms with E-state index in [1.54, 1.807) is 30.3 Å². The van der Waals surface area contributed by atoms with Crippen molar-refractivity contribution in [2.24, 2.45) is 0 Å². The molecule has 0 aromatic heterocycles. The van der Waals surface area contributed by atoms with Gasteiger partial charge in [0, 0.05) is 0 Å². The number of imide groups is 1. The van der Waals surface area contributed by atoms with Gasteiger partial charge in [-0.3, -0.25) is 9.59 Å². The zero-order valence-corrected chi connectivity index (χ0v) is 23.2. The van der Waals surface area contributed by atoms with Crippen molar-refractivity contribution in [3.05, 3.63) is 86.6 Å². The van der Waals surface area contributed by atoms with Crippen LogP contribution in [0.25, 0.3) is 6.08 Å². The number of urea groups is 1. The van der Waals surface area contributed by atoms with Crippen molar-refractivity contribution >= 4 is 52.2 Å². The molecular weight excluding hydrogens is 601 g/mol. The van der Waals surface area contributed by atoms with Crippen LogP contribution in [0.2, 0.25) is 0 Å². The fourth-order valence-electron chi connectivity index (χ4n) is 3.77. The number of hydrogen-bond acceptors (Lipinski definition) is 6. The number of halogens is 1. The smallest absolute Gasteiger partial charge is 0.329 e. The van der Waals surface area contributed by atoms with E-state index in [1.165, 1.54) is 25.9 Å². The summed E-state index contributed by atoms with van der Waals surface area (Å²) in [7, 11) is 3.02. The van der Waals surface area contributed by atoms with Crippen molar-refractivity contribution in [2.45, 2.75) is 13.5 Å². The highest BCUT2D eigenvalue weighted by atomic mass is 127. The van der Waals surface area contributed by atoms with Crippen LogP contribution in [0.1, 0.15) is 16.7 Å². The van der Waals surface area contributed by atoms with Gasteiger partial charge in [0.2, 0.25) is 5.91 Å². The van der Waals surface area contributed by atoms with Crippen LogP contribution in [0.15, 0.2) is 66.4 Å². The molecule has 4 amide bonds. The van der Waals surface area contributed by atoms with Gasteiger partial charge in [0.15, 0.2) is 11.5 Å². The average Bonchev–Trinajstić information content (AvgIpc) is 3.16. The molecule has 0 bridgehead atoms. The van der Waals surface area contributed by atoms with E-state index in [0.29, 0.717) is 35.1 Å². The lowest BCUT2D eigenvalue weighted by Crippen LogP contribution is -2.38. The van der Waals surface area contributed by atoms with Crippen LogP contribution in [-0.4, -0.2) is 43.5 Å². The number of carbonyl (C=O) groups is 3. The van der Waals surface area contributed by atoms with Crippen LogP contribution in [0.5, 0.6) is 17.2 Å². The summed E-state index contributed by atoms with van der Waals surface area (Å²) >= 11 is 2.14. The predicted molar refractivity (Wildman–Crippen MR) is 151 cm³/mol. The van der Waals surface area contributed by atoms with Crippen LogP contribution in [-0.2, 0) is 16.2 Å². The summed E-state index contributed by atoms with van der Waals surface area (Å²) in [5.41, 5.74) is 3.30. The second-order valence-electron chi connectivity index (χ2n) is 8.44. The number of methoxy groups -OCH3 is 2. The quantitative estimate of drug-likeness (QED) is 0.202. The Balaban J connectivity index is 1.47. The maximum absolute atomic E-state index is 12.9. The van der Waals surface area contributed by atoms with Gasteiger partial charge in [-0.25, -0.2) is 9.69 Å². The van der Waals surface area contributed by atoms with Gasteiger partial charge < -0.3 is 24.8 Å². The molecule has 1 saturated heterocycles. The standard InChI is InChI=1S/C28H26IN3O6/c1-17-8-10-18(11-9-17)16-38-26-20(29)12-19(14-24(26)37-3)13-22-27(34)32(28(35)31-22)15-25(33)30-21-6-4-5-7-23(21)36-2/h4-14H,15-16H2,1-3H3,(H,30,33)(H,31,35)/b22-13+. The summed E-state index contributed by atoms with van der Waals surface area (Å²) in [4.78, 5) is 38.8. The number of hydrogen-bond donors (Lipinski definition) is 2. The van der Waals surface area contributed by atoms with E-state index in [0.717, 1.165) is 14.0 Å². The third-order valence-corrected chi connectivity index (χ3v) is 6.51. The number of anilines is 1. The molecular formula is C28H26IN3O6. The summed E-state index contributed by atoms with van der Waals surface area (Å²) in [6.45, 7) is 1.94. The molecule has 1 aliphatic heterocycles. The van der Waals surface area contributed by atoms with Gasteiger partial charge in [-0.05, 0) is 71.0 Å². The molecule has 4 rings (SSSR count). The number of aryl methyl sites for hydroxylation is 1. The molecule has 1 aliphatic rings. The highest BCUT2D eigenvalue weighted by molar-refractivity contribution is 14.1. The summed E-state index contributed by atoms with van der Waals surface area (Å²) in [6.07, 6.45) is 1.53. The Morgan fingerprint density at radius 1 is 1.03 bits per heavy atom. The molecule has 0 aliphatic carbocycles. The minimum atomic E-state index is -0.684. The average molecular weight is 627 g/mol. The zero-order chi connectivity index (χ0) is 27.2. The molecule has 10 heteroatoms. The lowest BCUT2D eigenvalue weighted by molar-refractivity contribution is -0.127. The van der Waals surface area contributed by atoms with E-state index in [2.05, 4.69) is 33.2 Å². The van der Waals surface area contributed by atoms with Crippen molar-refractivity contribution in [1.82, 2.24) is 10.2 Å². The first-order chi connectivity index (χ1) is 18.3. The van der Waals surface area contributed by atoms with Crippen LogP contribution in [0.3, 0.4) is 0 Å². The van der Waals surface area contributed by atoms with Gasteiger partial charge in [0.05, 0.1) is 23.5 Å². The number of amides is 4. The molecule has 3 aromatic carbocycles. The normalized spacial score (nSPS) is 13.9. The van der Waals surface area contributed by atoms with Crippen molar-refractivity contribution in [3.8, 4) is 17.2 Å². The second-order valence-corrected chi connectivity index (χ2v) is 9.60. The zero-order valence-electron chi connectivity index (χ0n) is 21.0. The summed E-state index contributed by atoms with van der Waals surface area (Å²) in [5.74, 6) is 0.380. The number of rotatable bonds is 9. The van der Waals surface area contributed by atoms with Crippen molar-refractivity contribution < 1.29 is 28.6 Å². The van der Waals surface area contributed by atoms with E-state index >= 15 is 0 Å². The van der Waals surface area contributed by atoms with E-state index in [1.807, 2.05) is 37.3 Å². The highest BCUT2D eigenvalue weighted by Crippen LogP contribution is 2.35. The Hall–Kier alpha value is -4.06. The summed E-state index contributed by atoms with van der Waals surface area (Å²) in [6, 6.07) is 17.8.